The van der Waals surface area contributed by atoms with E-state index in [9.17, 15) is 4.79 Å². The van der Waals surface area contributed by atoms with Crippen LogP contribution in [0.1, 0.15) is 21.5 Å². The van der Waals surface area contributed by atoms with Gasteiger partial charge in [-0.05, 0) is 17.7 Å². The highest BCUT2D eigenvalue weighted by atomic mass is 16.1. The Morgan fingerprint density at radius 3 is 3.14 bits per heavy atom. The van der Waals surface area contributed by atoms with Gasteiger partial charge in [0.2, 0.25) is 5.91 Å². The number of hydrogen-bond donors (Lipinski definition) is 3. The number of nitrogens with zero attached hydrogens (tertiary/aromatic N) is 2. The first-order chi connectivity index (χ1) is 10.7. The zero-order chi connectivity index (χ0) is 15.1. The summed E-state index contributed by atoms with van der Waals surface area (Å²) in [4.78, 5) is 15.8. The van der Waals surface area contributed by atoms with Crippen molar-refractivity contribution >= 4 is 16.9 Å². The number of hydrogen-bond acceptors (Lipinski definition) is 3. The molecule has 1 aliphatic rings. The standard InChI is InChI=1S/C16H15N5O/c17-15(22)10-3-1-2-9(6-10)14-13-12-4-5-18-7-11(12)8-19-16(13)21-20-14/h1-3,6,8,18H,4-5,7H2,(H2,17,22)(H,19,20,21)/p+1. The molecular weight excluding hydrogens is 278 g/mol. The van der Waals surface area contributed by atoms with Gasteiger partial charge in [-0.15, -0.1) is 0 Å². The molecule has 1 aliphatic heterocycles. The Labute approximate surface area is 126 Å². The van der Waals surface area contributed by atoms with E-state index < -0.39 is 5.91 Å². The van der Waals surface area contributed by atoms with Crippen LogP contribution in [0.3, 0.4) is 0 Å². The smallest absolute Gasteiger partial charge is 0.248 e. The lowest BCUT2D eigenvalue weighted by Crippen LogP contribution is -2.84. The van der Waals surface area contributed by atoms with Crippen LogP contribution in [-0.2, 0) is 13.0 Å². The number of aromatic amines is 1. The minimum Gasteiger partial charge on any atom is -0.366 e. The molecule has 6 heteroatoms. The van der Waals surface area contributed by atoms with Gasteiger partial charge in [0.15, 0.2) is 5.65 Å². The summed E-state index contributed by atoms with van der Waals surface area (Å²) in [6, 6.07) is 7.29. The van der Waals surface area contributed by atoms with Crippen molar-refractivity contribution in [3.63, 3.8) is 0 Å². The van der Waals surface area contributed by atoms with Gasteiger partial charge in [-0.2, -0.15) is 5.10 Å². The molecule has 1 aromatic carbocycles. The fraction of sp³-hybridized carbons (Fsp3) is 0.188. The monoisotopic (exact) mass is 294 g/mol. The van der Waals surface area contributed by atoms with Crippen LogP contribution in [0.4, 0.5) is 0 Å². The second-order valence-corrected chi connectivity index (χ2v) is 5.54. The van der Waals surface area contributed by atoms with Crippen LogP contribution in [0.5, 0.6) is 0 Å². The van der Waals surface area contributed by atoms with Crippen molar-refractivity contribution in [1.82, 2.24) is 15.2 Å². The van der Waals surface area contributed by atoms with Gasteiger partial charge in [0.25, 0.3) is 0 Å². The van der Waals surface area contributed by atoms with Crippen LogP contribution in [-0.4, -0.2) is 27.6 Å². The van der Waals surface area contributed by atoms with E-state index in [4.69, 9.17) is 5.73 Å². The van der Waals surface area contributed by atoms with Crippen molar-refractivity contribution < 1.29 is 10.1 Å². The van der Waals surface area contributed by atoms with Crippen LogP contribution in [0, 0.1) is 0 Å². The van der Waals surface area contributed by atoms with Crippen LogP contribution in [0.2, 0.25) is 0 Å². The topological polar surface area (TPSA) is 101 Å². The van der Waals surface area contributed by atoms with E-state index in [0.717, 1.165) is 41.8 Å². The molecule has 4 rings (SSSR count). The summed E-state index contributed by atoms with van der Waals surface area (Å²) in [5, 5.41) is 10.7. The zero-order valence-corrected chi connectivity index (χ0v) is 12.0. The van der Waals surface area contributed by atoms with E-state index in [0.29, 0.717) is 5.56 Å². The van der Waals surface area contributed by atoms with Crippen LogP contribution in [0.25, 0.3) is 22.3 Å². The quantitative estimate of drug-likeness (QED) is 0.635. The SMILES string of the molecule is NC(=O)c1cccc(-c2[nH]nc3ncc4c(c23)CC[NH2+]C4)c1. The third kappa shape index (κ3) is 1.96. The first-order valence-electron chi connectivity index (χ1n) is 7.31. The number of rotatable bonds is 2. The van der Waals surface area contributed by atoms with Crippen molar-refractivity contribution in [3.8, 4) is 11.3 Å². The van der Waals surface area contributed by atoms with E-state index in [2.05, 4.69) is 20.5 Å². The molecule has 6 nitrogen and oxygen atoms in total. The number of carbonyl (C=O) groups is 1. The largest absolute Gasteiger partial charge is 0.366 e. The number of nitrogens with one attached hydrogen (secondary N) is 1. The Kier molecular flexibility index (Phi) is 2.90. The average Bonchev–Trinajstić information content (AvgIpc) is 2.99. The molecule has 3 heterocycles. The highest BCUT2D eigenvalue weighted by molar-refractivity contribution is 5.97. The lowest BCUT2D eigenvalue weighted by atomic mass is 9.96. The summed E-state index contributed by atoms with van der Waals surface area (Å²) in [6.45, 7) is 2.02. The first kappa shape index (κ1) is 13.0. The van der Waals surface area contributed by atoms with E-state index in [1.54, 1.807) is 12.1 Å². The number of nitrogens with two attached hydrogens (primary N) is 2. The molecule has 3 aromatic rings. The normalized spacial score (nSPS) is 14.0. The zero-order valence-electron chi connectivity index (χ0n) is 12.0. The highest BCUT2D eigenvalue weighted by Crippen LogP contribution is 2.30. The molecule has 0 saturated heterocycles. The van der Waals surface area contributed by atoms with Gasteiger partial charge in [0.05, 0.1) is 17.6 Å². The second kappa shape index (κ2) is 4.92. The molecule has 5 N–H and O–H groups in total. The van der Waals surface area contributed by atoms with Gasteiger partial charge in [-0.1, -0.05) is 12.1 Å². The fourth-order valence-electron chi connectivity index (χ4n) is 3.09. The molecule has 0 spiro atoms. The number of fused-ring (bicyclic) bond motifs is 3. The summed E-state index contributed by atoms with van der Waals surface area (Å²) in [5.74, 6) is -0.430. The van der Waals surface area contributed by atoms with E-state index in [1.165, 1.54) is 11.1 Å². The van der Waals surface area contributed by atoms with Gasteiger partial charge >= 0.3 is 0 Å². The molecule has 22 heavy (non-hydrogen) atoms. The molecule has 0 bridgehead atoms. The van der Waals surface area contributed by atoms with Crippen molar-refractivity contribution in [2.75, 3.05) is 6.54 Å². The Hall–Kier alpha value is -2.73. The van der Waals surface area contributed by atoms with E-state index >= 15 is 0 Å². The maximum Gasteiger partial charge on any atom is 0.248 e. The van der Waals surface area contributed by atoms with Crippen molar-refractivity contribution in [2.45, 2.75) is 13.0 Å². The number of aromatic nitrogens is 3. The number of carbonyl (C=O) groups excluding carboxylic acids is 1. The van der Waals surface area contributed by atoms with Gasteiger partial charge in [-0.25, -0.2) is 4.98 Å². The third-order valence-electron chi connectivity index (χ3n) is 4.18. The van der Waals surface area contributed by atoms with Gasteiger partial charge in [-0.3, -0.25) is 9.89 Å². The molecule has 110 valence electrons. The molecule has 0 radical (unpaired) electrons. The summed E-state index contributed by atoms with van der Waals surface area (Å²) >= 11 is 0. The van der Waals surface area contributed by atoms with Gasteiger partial charge in [0, 0.05) is 29.3 Å². The van der Waals surface area contributed by atoms with Gasteiger partial charge < -0.3 is 11.1 Å². The summed E-state index contributed by atoms with van der Waals surface area (Å²) in [7, 11) is 0. The minimum atomic E-state index is -0.430. The predicted octanol–water partition coefficient (Wildman–Crippen LogP) is 0.343. The maximum atomic E-state index is 11.4. The summed E-state index contributed by atoms with van der Waals surface area (Å²) in [6.07, 6.45) is 2.91. The predicted molar refractivity (Wildman–Crippen MR) is 82.0 cm³/mol. The van der Waals surface area contributed by atoms with E-state index in [-0.39, 0.29) is 0 Å². The molecule has 0 unspecified atom stereocenters. The molecule has 0 fully saturated rings. The number of primary amides is 1. The van der Waals surface area contributed by atoms with Crippen LogP contribution >= 0.6 is 0 Å². The van der Waals surface area contributed by atoms with Crippen LogP contribution in [0.15, 0.2) is 30.5 Å². The minimum absolute atomic E-state index is 0.430. The fourth-order valence-corrected chi connectivity index (χ4v) is 3.09. The van der Waals surface area contributed by atoms with Crippen LogP contribution < -0.4 is 11.1 Å². The molecule has 0 aliphatic carbocycles. The van der Waals surface area contributed by atoms with E-state index in [1.807, 2.05) is 18.3 Å². The highest BCUT2D eigenvalue weighted by Gasteiger charge is 2.20. The summed E-state index contributed by atoms with van der Waals surface area (Å²) < 4.78 is 0. The van der Waals surface area contributed by atoms with Crippen molar-refractivity contribution in [1.29, 1.82) is 0 Å². The number of quaternary nitrogens is 1. The first-order valence-corrected chi connectivity index (χ1v) is 7.31. The Balaban J connectivity index is 1.96. The second-order valence-electron chi connectivity index (χ2n) is 5.54. The molecule has 0 atom stereocenters. The van der Waals surface area contributed by atoms with Gasteiger partial charge in [0.1, 0.15) is 6.54 Å². The number of benzene rings is 1. The lowest BCUT2D eigenvalue weighted by molar-refractivity contribution is -0.673. The molecule has 1 amide bonds. The third-order valence-corrected chi connectivity index (χ3v) is 4.18. The number of amides is 1. The molecule has 0 saturated carbocycles. The Morgan fingerprint density at radius 2 is 2.27 bits per heavy atom. The Morgan fingerprint density at radius 1 is 1.36 bits per heavy atom. The lowest BCUT2D eigenvalue weighted by Gasteiger charge is -2.15. The maximum absolute atomic E-state index is 11.4. The van der Waals surface area contributed by atoms with Crippen molar-refractivity contribution in [3.05, 3.63) is 47.2 Å². The molecule has 2 aromatic heterocycles. The Bertz CT molecular complexity index is 883. The number of H-pyrrole nitrogens is 1. The summed E-state index contributed by atoms with van der Waals surface area (Å²) in [5.41, 5.74) is 11.0. The molecular formula is C16H16N5O+. The van der Waals surface area contributed by atoms with Crippen molar-refractivity contribution in [2.24, 2.45) is 5.73 Å². The number of pyridine rings is 1. The average molecular weight is 294 g/mol.